The molecule has 1 aliphatic heterocycles. The van der Waals surface area contributed by atoms with Crippen molar-refractivity contribution >= 4 is 5.97 Å². The van der Waals surface area contributed by atoms with Gasteiger partial charge in [-0.2, -0.15) is 0 Å². The topological polar surface area (TPSA) is 76.0 Å². The molecule has 0 aromatic heterocycles. The smallest absolute Gasteiger partial charge is 0.308 e. The van der Waals surface area contributed by atoms with E-state index in [0.717, 1.165) is 18.4 Å². The van der Waals surface area contributed by atoms with Gasteiger partial charge in [0, 0.05) is 36.8 Å². The second-order valence-electron chi connectivity index (χ2n) is 9.55. The lowest BCUT2D eigenvalue weighted by Crippen LogP contribution is -2.27. The molecule has 1 unspecified atom stereocenters. The molecule has 0 amide bonds. The normalized spacial score (nSPS) is 17.6. The Kier molecular flexibility index (Phi) is 6.27. The van der Waals surface area contributed by atoms with Crippen LogP contribution in [0.3, 0.4) is 0 Å². The third-order valence-electron chi connectivity index (χ3n) is 5.11. The quantitative estimate of drug-likeness (QED) is 0.603. The number of ether oxygens (including phenoxy) is 2. The summed E-state index contributed by atoms with van der Waals surface area (Å²) in [6.45, 7) is 14.6. The van der Waals surface area contributed by atoms with Crippen LogP contribution in [0.5, 0.6) is 11.5 Å². The predicted octanol–water partition coefficient (Wildman–Crippen LogP) is 4.37. The number of rotatable bonds is 3. The Morgan fingerprint density at radius 3 is 2.15 bits per heavy atom. The van der Waals surface area contributed by atoms with Crippen molar-refractivity contribution < 1.29 is 24.5 Å². The van der Waals surface area contributed by atoms with Crippen molar-refractivity contribution in [3.8, 4) is 11.5 Å². The molecule has 2 rings (SSSR count). The van der Waals surface area contributed by atoms with Crippen molar-refractivity contribution in [2.24, 2.45) is 5.92 Å². The first-order valence-corrected chi connectivity index (χ1v) is 9.69. The Morgan fingerprint density at radius 1 is 1.15 bits per heavy atom. The van der Waals surface area contributed by atoms with Crippen molar-refractivity contribution in [3.63, 3.8) is 0 Å². The van der Waals surface area contributed by atoms with E-state index in [0.29, 0.717) is 30.1 Å². The summed E-state index contributed by atoms with van der Waals surface area (Å²) in [5.74, 6) is 0.0979. The predicted molar refractivity (Wildman–Crippen MR) is 105 cm³/mol. The molecule has 5 nitrogen and oxygen atoms in total. The van der Waals surface area contributed by atoms with Crippen LogP contribution in [0.15, 0.2) is 6.07 Å². The number of aliphatic hydroxyl groups is 1. The summed E-state index contributed by atoms with van der Waals surface area (Å²) in [4.78, 5) is 11.9. The van der Waals surface area contributed by atoms with Gasteiger partial charge in [-0.15, -0.1) is 0 Å². The maximum Gasteiger partial charge on any atom is 0.308 e. The number of esters is 1. The minimum Gasteiger partial charge on any atom is -0.508 e. The standard InChI is InChI=1S/C22H34O5/c1-13(23)27-20-15(21(2,3)4)12-16(24)17(18(20)22(5,6)7)19(25)14-8-10-26-11-9-14/h12,14,19,24-25H,8-11H2,1-7H3. The third-order valence-corrected chi connectivity index (χ3v) is 5.11. The van der Waals surface area contributed by atoms with Gasteiger partial charge in [-0.25, -0.2) is 0 Å². The average molecular weight is 379 g/mol. The van der Waals surface area contributed by atoms with E-state index in [4.69, 9.17) is 9.47 Å². The van der Waals surface area contributed by atoms with Crippen LogP contribution in [0.1, 0.15) is 84.1 Å². The molecule has 1 aromatic rings. The summed E-state index contributed by atoms with van der Waals surface area (Å²) in [6, 6.07) is 1.64. The molecule has 1 saturated heterocycles. The molecule has 1 atom stereocenters. The minimum atomic E-state index is -0.841. The summed E-state index contributed by atoms with van der Waals surface area (Å²) in [5, 5.41) is 22.1. The van der Waals surface area contributed by atoms with Crippen LogP contribution < -0.4 is 4.74 Å². The van der Waals surface area contributed by atoms with Gasteiger partial charge in [-0.1, -0.05) is 41.5 Å². The number of hydrogen-bond donors (Lipinski definition) is 2. The molecule has 1 fully saturated rings. The number of aliphatic hydroxyl groups excluding tert-OH is 1. The Balaban J connectivity index is 2.77. The first kappa shape index (κ1) is 21.7. The SMILES string of the molecule is CC(=O)Oc1c(C(C)(C)C)cc(O)c(C(O)C2CCOCC2)c1C(C)(C)C. The average Bonchev–Trinajstić information content (AvgIpc) is 2.53. The fraction of sp³-hybridized carbons (Fsp3) is 0.682. The highest BCUT2D eigenvalue weighted by atomic mass is 16.5. The molecule has 5 heteroatoms. The maximum absolute atomic E-state index is 11.9. The zero-order chi connectivity index (χ0) is 20.6. The Labute approximate surface area is 162 Å². The number of aromatic hydroxyl groups is 1. The van der Waals surface area contributed by atoms with Gasteiger partial charge in [0.2, 0.25) is 0 Å². The lowest BCUT2D eigenvalue weighted by atomic mass is 9.74. The minimum absolute atomic E-state index is 0.00332. The number of phenols is 1. The molecule has 152 valence electrons. The highest BCUT2D eigenvalue weighted by molar-refractivity contribution is 5.72. The van der Waals surface area contributed by atoms with E-state index >= 15 is 0 Å². The molecule has 1 aliphatic rings. The number of phenolic OH excluding ortho intramolecular Hbond substituents is 1. The number of carbonyl (C=O) groups is 1. The molecule has 0 bridgehead atoms. The lowest BCUT2D eigenvalue weighted by Gasteiger charge is -2.35. The fourth-order valence-electron chi connectivity index (χ4n) is 3.78. The molecule has 2 N–H and O–H groups in total. The fourth-order valence-corrected chi connectivity index (χ4v) is 3.78. The van der Waals surface area contributed by atoms with Gasteiger partial charge in [-0.05, 0) is 35.7 Å². The third kappa shape index (κ3) is 4.82. The van der Waals surface area contributed by atoms with Crippen LogP contribution in [0.4, 0.5) is 0 Å². The summed E-state index contributed by atoms with van der Waals surface area (Å²) in [5.41, 5.74) is 1.14. The largest absolute Gasteiger partial charge is 0.508 e. The second-order valence-corrected chi connectivity index (χ2v) is 9.55. The monoisotopic (exact) mass is 378 g/mol. The van der Waals surface area contributed by atoms with E-state index < -0.39 is 17.5 Å². The van der Waals surface area contributed by atoms with E-state index in [2.05, 4.69) is 0 Å². The van der Waals surface area contributed by atoms with Crippen LogP contribution in [-0.2, 0) is 20.4 Å². The zero-order valence-corrected chi connectivity index (χ0v) is 17.7. The van der Waals surface area contributed by atoms with Gasteiger partial charge in [0.05, 0.1) is 6.10 Å². The van der Waals surface area contributed by atoms with Gasteiger partial charge in [0.1, 0.15) is 11.5 Å². The highest BCUT2D eigenvalue weighted by Crippen LogP contribution is 2.49. The van der Waals surface area contributed by atoms with E-state index in [1.54, 1.807) is 6.07 Å². The van der Waals surface area contributed by atoms with Gasteiger partial charge in [0.15, 0.2) is 0 Å². The molecule has 0 spiro atoms. The summed E-state index contributed by atoms with van der Waals surface area (Å²) >= 11 is 0. The first-order chi connectivity index (χ1) is 12.3. The molecular weight excluding hydrogens is 344 g/mol. The van der Waals surface area contributed by atoms with Gasteiger partial charge in [0.25, 0.3) is 0 Å². The molecule has 0 saturated carbocycles. The van der Waals surface area contributed by atoms with Crippen LogP contribution in [0.2, 0.25) is 0 Å². The first-order valence-electron chi connectivity index (χ1n) is 9.69. The number of benzene rings is 1. The van der Waals surface area contributed by atoms with E-state index in [-0.39, 0.29) is 17.1 Å². The van der Waals surface area contributed by atoms with E-state index in [1.807, 2.05) is 41.5 Å². The summed E-state index contributed by atoms with van der Waals surface area (Å²) in [7, 11) is 0. The number of hydrogen-bond acceptors (Lipinski definition) is 5. The summed E-state index contributed by atoms with van der Waals surface area (Å²) < 4.78 is 11.1. The molecule has 0 radical (unpaired) electrons. The van der Waals surface area contributed by atoms with E-state index in [9.17, 15) is 15.0 Å². The lowest BCUT2D eigenvalue weighted by molar-refractivity contribution is -0.132. The van der Waals surface area contributed by atoms with Crippen LogP contribution in [-0.4, -0.2) is 29.4 Å². The highest BCUT2D eigenvalue weighted by Gasteiger charge is 2.37. The Hall–Kier alpha value is -1.59. The van der Waals surface area contributed by atoms with E-state index in [1.165, 1.54) is 6.92 Å². The molecule has 1 heterocycles. The number of carbonyl (C=O) groups excluding carboxylic acids is 1. The van der Waals surface area contributed by atoms with Crippen LogP contribution in [0.25, 0.3) is 0 Å². The van der Waals surface area contributed by atoms with Gasteiger partial charge in [-0.3, -0.25) is 4.79 Å². The molecule has 0 aliphatic carbocycles. The van der Waals surface area contributed by atoms with Crippen molar-refractivity contribution in [3.05, 3.63) is 22.8 Å². The van der Waals surface area contributed by atoms with Crippen LogP contribution in [0, 0.1) is 5.92 Å². The maximum atomic E-state index is 11.9. The molecule has 27 heavy (non-hydrogen) atoms. The molecule has 1 aromatic carbocycles. The summed E-state index contributed by atoms with van der Waals surface area (Å²) in [6.07, 6.45) is 0.619. The Morgan fingerprint density at radius 2 is 1.70 bits per heavy atom. The van der Waals surface area contributed by atoms with Crippen molar-refractivity contribution in [1.82, 2.24) is 0 Å². The van der Waals surface area contributed by atoms with Crippen molar-refractivity contribution in [1.29, 1.82) is 0 Å². The Bertz CT molecular complexity index is 688. The van der Waals surface area contributed by atoms with Crippen molar-refractivity contribution in [2.45, 2.75) is 78.2 Å². The molecular formula is C22H34O5. The van der Waals surface area contributed by atoms with Gasteiger partial charge < -0.3 is 19.7 Å². The van der Waals surface area contributed by atoms with Gasteiger partial charge >= 0.3 is 5.97 Å². The van der Waals surface area contributed by atoms with Crippen molar-refractivity contribution in [2.75, 3.05) is 13.2 Å². The zero-order valence-electron chi connectivity index (χ0n) is 17.7. The second kappa shape index (κ2) is 7.80. The van der Waals surface area contributed by atoms with Crippen LogP contribution >= 0.6 is 0 Å².